The van der Waals surface area contributed by atoms with E-state index < -0.39 is 27.6 Å². The number of halogens is 4. The Morgan fingerprint density at radius 3 is 2.48 bits per heavy atom. The maximum Gasteiger partial charge on any atom is 0.416 e. The Hall–Kier alpha value is -1.19. The summed E-state index contributed by atoms with van der Waals surface area (Å²) in [5.74, 6) is -1.22. The van der Waals surface area contributed by atoms with Crippen LogP contribution in [-0.2, 0) is 22.7 Å². The summed E-state index contributed by atoms with van der Waals surface area (Å²) in [6, 6.07) is 2.39. The molecule has 0 radical (unpaired) electrons. The van der Waals surface area contributed by atoms with Crippen LogP contribution in [0.2, 0.25) is 0 Å². The lowest BCUT2D eigenvalue weighted by Gasteiger charge is -2.13. The molecule has 9 heteroatoms. The third-order valence-electron chi connectivity index (χ3n) is 2.60. The van der Waals surface area contributed by atoms with E-state index in [1.54, 1.807) is 6.92 Å². The molecule has 4 nitrogen and oxygen atoms in total. The van der Waals surface area contributed by atoms with Crippen LogP contribution in [0.3, 0.4) is 0 Å². The zero-order chi connectivity index (χ0) is 16.1. The molecule has 0 amide bonds. The number of rotatable bonds is 7. The Kier molecular flexibility index (Phi) is 6.11. The van der Waals surface area contributed by atoms with Crippen LogP contribution in [0.25, 0.3) is 0 Å². The van der Waals surface area contributed by atoms with Gasteiger partial charge in [0.25, 0.3) is 0 Å². The molecule has 120 valence electrons. The molecule has 1 rings (SSSR count). The molecule has 0 unspecified atom stereocenters. The molecule has 2 N–H and O–H groups in total. The van der Waals surface area contributed by atoms with Gasteiger partial charge in [-0.25, -0.2) is 17.5 Å². The predicted octanol–water partition coefficient (Wildman–Crippen LogP) is 1.87. The minimum absolute atomic E-state index is 0.00991. The standard InChI is InChI=1S/C12H16F4N2O2S/c1-2-18-21(19,20)6-5-17-8-9-3-4-10(13)7-11(9)12(14,15)16/h3-4,7,17-18H,2,5-6,8H2,1H3. The van der Waals surface area contributed by atoms with E-state index in [2.05, 4.69) is 10.0 Å². The van der Waals surface area contributed by atoms with E-state index in [-0.39, 0.29) is 31.0 Å². The van der Waals surface area contributed by atoms with Gasteiger partial charge < -0.3 is 5.32 Å². The number of alkyl halides is 3. The highest BCUT2D eigenvalue weighted by atomic mass is 32.2. The van der Waals surface area contributed by atoms with Crippen LogP contribution in [0, 0.1) is 5.82 Å². The molecule has 0 aliphatic carbocycles. The van der Waals surface area contributed by atoms with Gasteiger partial charge in [-0.15, -0.1) is 0 Å². The minimum Gasteiger partial charge on any atom is -0.312 e. The second kappa shape index (κ2) is 7.19. The zero-order valence-corrected chi connectivity index (χ0v) is 12.1. The molecule has 0 heterocycles. The summed E-state index contributed by atoms with van der Waals surface area (Å²) in [7, 11) is -3.43. The van der Waals surface area contributed by atoms with Crippen LogP contribution in [0.15, 0.2) is 18.2 Å². The van der Waals surface area contributed by atoms with Gasteiger partial charge in [0, 0.05) is 19.6 Å². The zero-order valence-electron chi connectivity index (χ0n) is 11.3. The number of hydrogen-bond donors (Lipinski definition) is 2. The van der Waals surface area contributed by atoms with Crippen molar-refractivity contribution in [2.75, 3.05) is 18.8 Å². The van der Waals surface area contributed by atoms with Crippen molar-refractivity contribution >= 4 is 10.0 Å². The highest BCUT2D eigenvalue weighted by molar-refractivity contribution is 7.89. The van der Waals surface area contributed by atoms with Gasteiger partial charge in [-0.1, -0.05) is 13.0 Å². The third kappa shape index (κ3) is 5.98. The summed E-state index contributed by atoms with van der Waals surface area (Å²) in [6.45, 7) is 1.67. The van der Waals surface area contributed by atoms with Crippen LogP contribution < -0.4 is 10.0 Å². The summed E-state index contributed by atoms with van der Waals surface area (Å²) < 4.78 is 76.0. The SMILES string of the molecule is CCNS(=O)(=O)CCNCc1ccc(F)cc1C(F)(F)F. The average Bonchev–Trinajstić information content (AvgIpc) is 2.34. The van der Waals surface area contributed by atoms with E-state index >= 15 is 0 Å². The maximum atomic E-state index is 12.9. The van der Waals surface area contributed by atoms with Crippen molar-refractivity contribution in [3.8, 4) is 0 Å². The molecule has 0 spiro atoms. The van der Waals surface area contributed by atoms with Crippen LogP contribution in [0.5, 0.6) is 0 Å². The molecular formula is C12H16F4N2O2S. The van der Waals surface area contributed by atoms with E-state index in [4.69, 9.17) is 0 Å². The van der Waals surface area contributed by atoms with Gasteiger partial charge in [0.2, 0.25) is 10.0 Å². The lowest BCUT2D eigenvalue weighted by molar-refractivity contribution is -0.138. The second-order valence-electron chi connectivity index (χ2n) is 4.29. The molecule has 0 saturated heterocycles. The van der Waals surface area contributed by atoms with Crippen molar-refractivity contribution in [3.05, 3.63) is 35.1 Å². The average molecular weight is 328 g/mol. The fraction of sp³-hybridized carbons (Fsp3) is 0.500. The van der Waals surface area contributed by atoms with Crippen LogP contribution in [0.4, 0.5) is 17.6 Å². The Morgan fingerprint density at radius 2 is 1.90 bits per heavy atom. The number of hydrogen-bond acceptors (Lipinski definition) is 3. The van der Waals surface area contributed by atoms with Crippen molar-refractivity contribution in [1.29, 1.82) is 0 Å². The molecule has 0 aliphatic heterocycles. The molecule has 0 aromatic heterocycles. The number of benzene rings is 1. The highest BCUT2D eigenvalue weighted by Crippen LogP contribution is 2.32. The first-order valence-electron chi connectivity index (χ1n) is 6.19. The summed E-state index contributed by atoms with van der Waals surface area (Å²) in [5.41, 5.74) is -1.20. The normalized spacial score (nSPS) is 12.6. The second-order valence-corrected chi connectivity index (χ2v) is 6.22. The lowest BCUT2D eigenvalue weighted by Crippen LogP contribution is -2.31. The van der Waals surface area contributed by atoms with Gasteiger partial charge >= 0.3 is 6.18 Å². The van der Waals surface area contributed by atoms with Gasteiger partial charge in [-0.05, 0) is 17.7 Å². The smallest absolute Gasteiger partial charge is 0.312 e. The van der Waals surface area contributed by atoms with E-state index in [0.29, 0.717) is 6.07 Å². The Labute approximate surface area is 120 Å². The van der Waals surface area contributed by atoms with Crippen LogP contribution >= 0.6 is 0 Å². The first-order chi connectivity index (χ1) is 9.65. The van der Waals surface area contributed by atoms with Gasteiger partial charge in [0.15, 0.2) is 0 Å². The van der Waals surface area contributed by atoms with Crippen LogP contribution in [0.1, 0.15) is 18.1 Å². The van der Waals surface area contributed by atoms with Crippen molar-refractivity contribution in [1.82, 2.24) is 10.0 Å². The van der Waals surface area contributed by atoms with E-state index in [0.717, 1.165) is 12.1 Å². The molecule has 1 aromatic carbocycles. The molecule has 0 saturated carbocycles. The topological polar surface area (TPSA) is 58.2 Å². The van der Waals surface area contributed by atoms with E-state index in [9.17, 15) is 26.0 Å². The van der Waals surface area contributed by atoms with E-state index in [1.807, 2.05) is 0 Å². The Morgan fingerprint density at radius 1 is 1.24 bits per heavy atom. The molecule has 21 heavy (non-hydrogen) atoms. The quantitative estimate of drug-likeness (QED) is 0.593. The fourth-order valence-corrected chi connectivity index (χ4v) is 2.69. The maximum absolute atomic E-state index is 12.9. The number of nitrogens with one attached hydrogen (secondary N) is 2. The Bertz CT molecular complexity index is 573. The van der Waals surface area contributed by atoms with Crippen LogP contribution in [-0.4, -0.2) is 27.3 Å². The Balaban J connectivity index is 2.65. The molecular weight excluding hydrogens is 312 g/mol. The largest absolute Gasteiger partial charge is 0.416 e. The molecule has 0 fully saturated rings. The third-order valence-corrected chi connectivity index (χ3v) is 4.07. The first-order valence-corrected chi connectivity index (χ1v) is 7.84. The van der Waals surface area contributed by atoms with Gasteiger partial charge in [0.1, 0.15) is 5.82 Å². The molecule has 0 atom stereocenters. The monoisotopic (exact) mass is 328 g/mol. The van der Waals surface area contributed by atoms with Crippen molar-refractivity contribution in [3.63, 3.8) is 0 Å². The number of sulfonamides is 1. The molecule has 0 bridgehead atoms. The van der Waals surface area contributed by atoms with Gasteiger partial charge in [-0.3, -0.25) is 0 Å². The summed E-state index contributed by atoms with van der Waals surface area (Å²) in [6.07, 6.45) is -4.66. The van der Waals surface area contributed by atoms with E-state index in [1.165, 1.54) is 0 Å². The first kappa shape index (κ1) is 17.9. The summed E-state index contributed by atoms with van der Waals surface area (Å²) >= 11 is 0. The van der Waals surface area contributed by atoms with Gasteiger partial charge in [-0.2, -0.15) is 13.2 Å². The molecule has 1 aromatic rings. The lowest BCUT2D eigenvalue weighted by atomic mass is 10.1. The molecule has 0 aliphatic rings. The van der Waals surface area contributed by atoms with Crippen molar-refractivity contribution in [2.45, 2.75) is 19.6 Å². The highest BCUT2D eigenvalue weighted by Gasteiger charge is 2.33. The summed E-state index contributed by atoms with van der Waals surface area (Å²) in [5, 5.41) is 2.61. The summed E-state index contributed by atoms with van der Waals surface area (Å²) in [4.78, 5) is 0. The fourth-order valence-electron chi connectivity index (χ4n) is 1.69. The van der Waals surface area contributed by atoms with Crippen molar-refractivity contribution < 1.29 is 26.0 Å². The van der Waals surface area contributed by atoms with Crippen molar-refractivity contribution in [2.24, 2.45) is 0 Å². The van der Waals surface area contributed by atoms with Gasteiger partial charge in [0.05, 0.1) is 11.3 Å². The minimum atomic E-state index is -4.66. The predicted molar refractivity (Wildman–Crippen MR) is 70.6 cm³/mol.